The summed E-state index contributed by atoms with van der Waals surface area (Å²) < 4.78 is 5.36. The second kappa shape index (κ2) is 12.5. The van der Waals surface area contributed by atoms with Crippen LogP contribution in [0.1, 0.15) is 23.6 Å². The largest absolute Gasteiger partial charge is 0.379 e. The molecule has 0 aromatic heterocycles. The molecule has 0 aliphatic carbocycles. The average molecular weight is 475 g/mol. The van der Waals surface area contributed by atoms with Crippen LogP contribution in [0, 0.1) is 6.92 Å². The molecule has 0 spiro atoms. The molecule has 1 aliphatic heterocycles. The van der Waals surface area contributed by atoms with Gasteiger partial charge in [0.15, 0.2) is 5.96 Å². The molecule has 6 nitrogen and oxygen atoms in total. The first-order valence-electron chi connectivity index (χ1n) is 9.13. The fraction of sp³-hybridized carbons (Fsp3) is 0.632. The van der Waals surface area contributed by atoms with E-state index in [0.29, 0.717) is 12.5 Å². The van der Waals surface area contributed by atoms with Gasteiger partial charge in [-0.3, -0.25) is 9.89 Å². The number of nitrogens with zero attached hydrogens (tertiary/aromatic N) is 3. The number of rotatable bonds is 8. The van der Waals surface area contributed by atoms with Crippen LogP contribution in [-0.4, -0.2) is 75.8 Å². The number of nitrogens with two attached hydrogens (primary N) is 1. The fourth-order valence-electron chi connectivity index (χ4n) is 2.94. The monoisotopic (exact) mass is 475 g/mol. The molecular formula is C19H34IN5O. The fourth-order valence-corrected chi connectivity index (χ4v) is 2.94. The molecule has 1 fully saturated rings. The Morgan fingerprint density at radius 3 is 2.54 bits per heavy atom. The molecule has 0 amide bonds. The van der Waals surface area contributed by atoms with Crippen LogP contribution in [0.25, 0.3) is 0 Å². The maximum Gasteiger partial charge on any atom is 0.188 e. The van der Waals surface area contributed by atoms with E-state index in [1.807, 2.05) is 0 Å². The smallest absolute Gasteiger partial charge is 0.188 e. The van der Waals surface area contributed by atoms with E-state index in [-0.39, 0.29) is 30.0 Å². The van der Waals surface area contributed by atoms with Crippen molar-refractivity contribution in [3.63, 3.8) is 0 Å². The van der Waals surface area contributed by atoms with E-state index in [9.17, 15) is 0 Å². The highest BCUT2D eigenvalue weighted by atomic mass is 127. The molecule has 26 heavy (non-hydrogen) atoms. The van der Waals surface area contributed by atoms with Gasteiger partial charge in [-0.2, -0.15) is 0 Å². The first kappa shape index (κ1) is 23.1. The summed E-state index contributed by atoms with van der Waals surface area (Å²) in [5, 5.41) is 3.23. The Balaban J connectivity index is 0.00000338. The van der Waals surface area contributed by atoms with E-state index in [2.05, 4.69) is 65.4 Å². The Labute approximate surface area is 175 Å². The van der Waals surface area contributed by atoms with Crippen molar-refractivity contribution >= 4 is 29.9 Å². The number of aryl methyl sites for hydroxylation is 1. The Bertz CT molecular complexity index is 529. The third-order valence-electron chi connectivity index (χ3n) is 4.58. The molecule has 1 aromatic carbocycles. The van der Waals surface area contributed by atoms with Crippen molar-refractivity contribution in [1.82, 2.24) is 15.1 Å². The number of morpholine rings is 1. The van der Waals surface area contributed by atoms with Gasteiger partial charge in [-0.15, -0.1) is 24.0 Å². The summed E-state index contributed by atoms with van der Waals surface area (Å²) in [6.07, 6.45) is 1.06. The van der Waals surface area contributed by atoms with Crippen LogP contribution in [0.2, 0.25) is 0 Å². The Morgan fingerprint density at radius 2 is 1.92 bits per heavy atom. The summed E-state index contributed by atoms with van der Waals surface area (Å²) >= 11 is 0. The van der Waals surface area contributed by atoms with Crippen molar-refractivity contribution in [2.45, 2.75) is 19.4 Å². The zero-order valence-electron chi connectivity index (χ0n) is 16.3. The molecule has 0 saturated carbocycles. The zero-order valence-corrected chi connectivity index (χ0v) is 18.6. The van der Waals surface area contributed by atoms with Crippen LogP contribution in [0.5, 0.6) is 0 Å². The summed E-state index contributed by atoms with van der Waals surface area (Å²) in [5.74, 6) is 0.529. The van der Waals surface area contributed by atoms with Gasteiger partial charge in [0, 0.05) is 19.6 Å². The van der Waals surface area contributed by atoms with Crippen molar-refractivity contribution in [3.8, 4) is 0 Å². The molecule has 1 aliphatic rings. The number of likely N-dealkylation sites (N-methyl/N-ethyl adjacent to an activating group) is 1. The van der Waals surface area contributed by atoms with Crippen LogP contribution in [0.3, 0.4) is 0 Å². The lowest BCUT2D eigenvalue weighted by molar-refractivity contribution is 0.0376. The zero-order chi connectivity index (χ0) is 18.1. The molecule has 0 bridgehead atoms. The molecule has 1 unspecified atom stereocenters. The lowest BCUT2D eigenvalue weighted by atomic mass is 10.0. The SMILES string of the molecule is Cc1ccc(C(CN=C(N)NCCCN2CCOCC2)N(C)C)cc1.I. The van der Waals surface area contributed by atoms with Gasteiger partial charge in [0.1, 0.15) is 0 Å². The third-order valence-corrected chi connectivity index (χ3v) is 4.58. The van der Waals surface area contributed by atoms with Crippen LogP contribution < -0.4 is 11.1 Å². The predicted octanol–water partition coefficient (Wildman–Crippen LogP) is 1.84. The molecule has 148 valence electrons. The highest BCUT2D eigenvalue weighted by Crippen LogP contribution is 2.19. The van der Waals surface area contributed by atoms with E-state index in [1.165, 1.54) is 11.1 Å². The van der Waals surface area contributed by atoms with E-state index < -0.39 is 0 Å². The van der Waals surface area contributed by atoms with Crippen LogP contribution in [0.15, 0.2) is 29.3 Å². The van der Waals surface area contributed by atoms with E-state index >= 15 is 0 Å². The van der Waals surface area contributed by atoms with Crippen molar-refractivity contribution in [2.75, 3.05) is 60.0 Å². The summed E-state index contributed by atoms with van der Waals surface area (Å²) in [5.41, 5.74) is 8.56. The number of benzene rings is 1. The molecule has 0 radical (unpaired) electrons. The van der Waals surface area contributed by atoms with Crippen molar-refractivity contribution in [2.24, 2.45) is 10.7 Å². The Hall–Kier alpha value is -0.900. The molecule has 1 saturated heterocycles. The lowest BCUT2D eigenvalue weighted by Crippen LogP contribution is -2.39. The van der Waals surface area contributed by atoms with Gasteiger partial charge in [-0.25, -0.2) is 0 Å². The number of aliphatic imine (C=N–C) groups is 1. The molecular weight excluding hydrogens is 441 g/mol. The van der Waals surface area contributed by atoms with Crippen molar-refractivity contribution < 1.29 is 4.74 Å². The Morgan fingerprint density at radius 1 is 1.27 bits per heavy atom. The molecule has 3 N–H and O–H groups in total. The standard InChI is InChI=1S/C19H33N5O.HI/c1-16-5-7-17(8-6-16)18(23(2)3)15-22-19(20)21-9-4-10-24-11-13-25-14-12-24;/h5-8,18H,4,9-15H2,1-3H3,(H3,20,21,22);1H. The summed E-state index contributed by atoms with van der Waals surface area (Å²) in [6, 6.07) is 8.85. The second-order valence-corrected chi connectivity index (χ2v) is 6.85. The minimum Gasteiger partial charge on any atom is -0.379 e. The van der Waals surface area contributed by atoms with Gasteiger partial charge in [-0.1, -0.05) is 29.8 Å². The van der Waals surface area contributed by atoms with Gasteiger partial charge < -0.3 is 20.7 Å². The molecule has 7 heteroatoms. The van der Waals surface area contributed by atoms with Crippen LogP contribution in [0.4, 0.5) is 0 Å². The minimum absolute atomic E-state index is 0. The topological polar surface area (TPSA) is 66.1 Å². The number of hydrogen-bond acceptors (Lipinski definition) is 4. The maximum absolute atomic E-state index is 6.03. The van der Waals surface area contributed by atoms with E-state index in [4.69, 9.17) is 10.5 Å². The third kappa shape index (κ3) is 8.20. The number of nitrogens with one attached hydrogen (secondary N) is 1. The van der Waals surface area contributed by atoms with Gasteiger partial charge in [0.2, 0.25) is 0 Å². The number of guanidine groups is 1. The highest BCUT2D eigenvalue weighted by Gasteiger charge is 2.13. The maximum atomic E-state index is 6.03. The van der Waals surface area contributed by atoms with E-state index in [0.717, 1.165) is 45.8 Å². The normalized spacial score (nSPS) is 17.0. The minimum atomic E-state index is 0. The van der Waals surface area contributed by atoms with Gasteiger partial charge in [0.25, 0.3) is 0 Å². The number of ether oxygens (including phenoxy) is 1. The van der Waals surface area contributed by atoms with E-state index in [1.54, 1.807) is 0 Å². The Kier molecular flexibility index (Phi) is 11.1. The highest BCUT2D eigenvalue weighted by molar-refractivity contribution is 14.0. The average Bonchev–Trinajstić information content (AvgIpc) is 2.61. The van der Waals surface area contributed by atoms with Crippen molar-refractivity contribution in [1.29, 1.82) is 0 Å². The number of halogens is 1. The van der Waals surface area contributed by atoms with Crippen molar-refractivity contribution in [3.05, 3.63) is 35.4 Å². The summed E-state index contributed by atoms with van der Waals surface area (Å²) in [6.45, 7) is 8.44. The van der Waals surface area contributed by atoms with Gasteiger partial charge >= 0.3 is 0 Å². The molecule has 1 heterocycles. The lowest BCUT2D eigenvalue weighted by Gasteiger charge is -2.26. The summed E-state index contributed by atoms with van der Waals surface area (Å²) in [4.78, 5) is 9.15. The van der Waals surface area contributed by atoms with Crippen LogP contribution in [-0.2, 0) is 4.74 Å². The first-order chi connectivity index (χ1) is 12.1. The molecule has 2 rings (SSSR count). The first-order valence-corrected chi connectivity index (χ1v) is 9.13. The predicted molar refractivity (Wildman–Crippen MR) is 119 cm³/mol. The van der Waals surface area contributed by atoms with Gasteiger partial charge in [0.05, 0.1) is 25.8 Å². The molecule has 1 atom stereocenters. The second-order valence-electron chi connectivity index (χ2n) is 6.85. The molecule has 1 aromatic rings. The summed E-state index contributed by atoms with van der Waals surface area (Å²) in [7, 11) is 4.15. The quantitative estimate of drug-likeness (QED) is 0.260. The van der Waals surface area contributed by atoms with Gasteiger partial charge in [-0.05, 0) is 39.5 Å². The van der Waals surface area contributed by atoms with Crippen LogP contribution >= 0.6 is 24.0 Å². The number of hydrogen-bond donors (Lipinski definition) is 2.